The van der Waals surface area contributed by atoms with Crippen molar-refractivity contribution in [2.45, 2.75) is 55.1 Å². The van der Waals surface area contributed by atoms with Gasteiger partial charge in [-0.1, -0.05) is 26.2 Å². The monoisotopic (exact) mass is 390 g/mol. The van der Waals surface area contributed by atoms with Gasteiger partial charge in [-0.25, -0.2) is 8.42 Å². The van der Waals surface area contributed by atoms with Gasteiger partial charge >= 0.3 is 0 Å². The number of fused-ring (bicyclic) bond motifs is 2. The lowest BCUT2D eigenvalue weighted by atomic mass is 9.70. The van der Waals surface area contributed by atoms with Gasteiger partial charge in [0, 0.05) is 16.3 Å². The van der Waals surface area contributed by atoms with Crippen molar-refractivity contribution in [1.82, 2.24) is 0 Å². The maximum absolute atomic E-state index is 12.7. The molecule has 7 heteroatoms. The van der Waals surface area contributed by atoms with Crippen LogP contribution >= 0.6 is 11.3 Å². The molecule has 5 nitrogen and oxygen atoms in total. The number of rotatable bonds is 4. The highest BCUT2D eigenvalue weighted by Gasteiger charge is 2.47. The number of sulfonamides is 1. The van der Waals surface area contributed by atoms with Crippen LogP contribution in [0.2, 0.25) is 0 Å². The number of thiophene rings is 1. The molecule has 2 aliphatic rings. The minimum atomic E-state index is -3.61. The van der Waals surface area contributed by atoms with E-state index >= 15 is 0 Å². The number of amides is 1. The first-order valence-electron chi connectivity index (χ1n) is 9.02. The van der Waals surface area contributed by atoms with E-state index < -0.39 is 15.4 Å². The van der Waals surface area contributed by atoms with E-state index in [1.165, 1.54) is 11.3 Å². The SMILES string of the molecule is CCc1ccc(S(=O)(=O)Nc2ccc3c(c2)C2(CCCCC2)C(=O)N3)s1. The fourth-order valence-electron chi connectivity index (χ4n) is 4.03. The van der Waals surface area contributed by atoms with E-state index in [4.69, 9.17) is 0 Å². The molecular weight excluding hydrogens is 368 g/mol. The summed E-state index contributed by atoms with van der Waals surface area (Å²) in [4.78, 5) is 13.7. The van der Waals surface area contributed by atoms with Crippen LogP contribution in [-0.2, 0) is 26.7 Å². The Morgan fingerprint density at radius 2 is 1.92 bits per heavy atom. The van der Waals surface area contributed by atoms with Crippen LogP contribution in [0.15, 0.2) is 34.5 Å². The van der Waals surface area contributed by atoms with Gasteiger partial charge in [-0.2, -0.15) is 0 Å². The summed E-state index contributed by atoms with van der Waals surface area (Å²) < 4.78 is 28.4. The van der Waals surface area contributed by atoms with E-state index in [1.54, 1.807) is 18.2 Å². The second kappa shape index (κ2) is 6.39. The van der Waals surface area contributed by atoms with Crippen LogP contribution in [0.1, 0.15) is 49.5 Å². The van der Waals surface area contributed by atoms with Gasteiger partial charge in [-0.05, 0) is 55.2 Å². The minimum Gasteiger partial charge on any atom is -0.325 e. The molecule has 26 heavy (non-hydrogen) atoms. The predicted octanol–water partition coefficient (Wildman–Crippen LogP) is 4.27. The van der Waals surface area contributed by atoms with Crippen LogP contribution in [0, 0.1) is 0 Å². The summed E-state index contributed by atoms with van der Waals surface area (Å²) in [5.74, 6) is 0.0538. The Hall–Kier alpha value is -1.86. The summed E-state index contributed by atoms with van der Waals surface area (Å²) in [7, 11) is -3.61. The Bertz CT molecular complexity index is 957. The first kappa shape index (κ1) is 17.5. The summed E-state index contributed by atoms with van der Waals surface area (Å²) in [6.07, 6.45) is 5.67. The average molecular weight is 391 g/mol. The third kappa shape index (κ3) is 2.83. The third-order valence-electron chi connectivity index (χ3n) is 5.43. The van der Waals surface area contributed by atoms with Crippen molar-refractivity contribution in [3.05, 3.63) is 40.8 Å². The Kier molecular flexibility index (Phi) is 4.31. The molecule has 1 fully saturated rings. The van der Waals surface area contributed by atoms with Gasteiger partial charge in [0.15, 0.2) is 0 Å². The largest absolute Gasteiger partial charge is 0.325 e. The molecule has 1 aliphatic heterocycles. The van der Waals surface area contributed by atoms with E-state index in [9.17, 15) is 13.2 Å². The highest BCUT2D eigenvalue weighted by Crippen LogP contribution is 2.48. The Labute approximate surface area is 157 Å². The first-order valence-corrected chi connectivity index (χ1v) is 11.3. The van der Waals surface area contributed by atoms with Crippen molar-refractivity contribution < 1.29 is 13.2 Å². The van der Waals surface area contributed by atoms with Gasteiger partial charge in [0.1, 0.15) is 4.21 Å². The smallest absolute Gasteiger partial charge is 0.271 e. The van der Waals surface area contributed by atoms with Gasteiger partial charge < -0.3 is 5.32 Å². The number of nitrogens with one attached hydrogen (secondary N) is 2. The van der Waals surface area contributed by atoms with Crippen LogP contribution < -0.4 is 10.0 Å². The molecule has 4 rings (SSSR count). The van der Waals surface area contributed by atoms with Gasteiger partial charge in [-0.15, -0.1) is 11.3 Å². The van der Waals surface area contributed by atoms with Crippen LogP contribution in [0.3, 0.4) is 0 Å². The van der Waals surface area contributed by atoms with Crippen molar-refractivity contribution in [2.75, 3.05) is 10.0 Å². The maximum Gasteiger partial charge on any atom is 0.271 e. The van der Waals surface area contributed by atoms with Gasteiger partial charge in [0.05, 0.1) is 5.41 Å². The number of hydrogen-bond acceptors (Lipinski definition) is 4. The van der Waals surface area contributed by atoms with Crippen LogP contribution in [-0.4, -0.2) is 14.3 Å². The summed E-state index contributed by atoms with van der Waals surface area (Å²) in [6, 6.07) is 8.85. The molecule has 0 atom stereocenters. The number of carbonyl (C=O) groups is 1. The summed E-state index contributed by atoms with van der Waals surface area (Å²) in [5, 5.41) is 2.98. The van der Waals surface area contributed by atoms with Gasteiger partial charge in [0.2, 0.25) is 5.91 Å². The van der Waals surface area contributed by atoms with Gasteiger partial charge in [0.25, 0.3) is 10.0 Å². The van der Waals surface area contributed by atoms with E-state index in [2.05, 4.69) is 10.0 Å². The topological polar surface area (TPSA) is 75.3 Å². The Morgan fingerprint density at radius 3 is 2.62 bits per heavy atom. The van der Waals surface area contributed by atoms with Crippen molar-refractivity contribution in [3.63, 3.8) is 0 Å². The second-order valence-electron chi connectivity index (χ2n) is 7.04. The molecule has 1 spiro atoms. The normalized spacial score (nSPS) is 18.6. The quantitative estimate of drug-likeness (QED) is 0.819. The molecule has 1 aromatic carbocycles. The first-order chi connectivity index (χ1) is 12.4. The lowest BCUT2D eigenvalue weighted by Gasteiger charge is -2.31. The number of carbonyl (C=O) groups excluding carboxylic acids is 1. The lowest BCUT2D eigenvalue weighted by Crippen LogP contribution is -2.36. The van der Waals surface area contributed by atoms with Crippen molar-refractivity contribution in [2.24, 2.45) is 0 Å². The lowest BCUT2D eigenvalue weighted by molar-refractivity contribution is -0.121. The van der Waals surface area contributed by atoms with Crippen LogP contribution in [0.5, 0.6) is 0 Å². The van der Waals surface area contributed by atoms with E-state index in [-0.39, 0.29) is 5.91 Å². The van der Waals surface area contributed by atoms with E-state index in [0.29, 0.717) is 9.90 Å². The predicted molar refractivity (Wildman–Crippen MR) is 104 cm³/mol. The molecule has 0 bridgehead atoms. The summed E-state index contributed by atoms with van der Waals surface area (Å²) in [5.41, 5.74) is 1.76. The standard InChI is InChI=1S/C19H22N2O3S2/c1-2-14-7-9-17(25-14)26(23,24)21-13-6-8-16-15(12-13)19(18(22)20-16)10-4-3-5-11-19/h6-9,12,21H,2-5,10-11H2,1H3,(H,20,22). The summed E-state index contributed by atoms with van der Waals surface area (Å²) >= 11 is 1.29. The molecule has 138 valence electrons. The van der Waals surface area contributed by atoms with Crippen LogP contribution in [0.25, 0.3) is 0 Å². The van der Waals surface area contributed by atoms with Crippen molar-refractivity contribution in [3.8, 4) is 0 Å². The summed E-state index contributed by atoms with van der Waals surface area (Å²) in [6.45, 7) is 2.00. The molecular formula is C19H22N2O3S2. The molecule has 1 saturated carbocycles. The highest BCUT2D eigenvalue weighted by molar-refractivity contribution is 7.94. The minimum absolute atomic E-state index is 0.0538. The van der Waals surface area contributed by atoms with E-state index in [1.807, 2.05) is 19.1 Å². The molecule has 1 amide bonds. The average Bonchev–Trinajstić information content (AvgIpc) is 3.21. The molecule has 1 aromatic heterocycles. The second-order valence-corrected chi connectivity index (χ2v) is 10.1. The van der Waals surface area contributed by atoms with Crippen molar-refractivity contribution >= 4 is 38.6 Å². The molecule has 0 radical (unpaired) electrons. The zero-order chi connectivity index (χ0) is 18.4. The fraction of sp³-hybridized carbons (Fsp3) is 0.421. The maximum atomic E-state index is 12.7. The number of anilines is 2. The number of aryl methyl sites for hydroxylation is 1. The highest BCUT2D eigenvalue weighted by atomic mass is 32.2. The molecule has 0 unspecified atom stereocenters. The van der Waals surface area contributed by atoms with E-state index in [0.717, 1.165) is 54.7 Å². The van der Waals surface area contributed by atoms with Crippen LogP contribution in [0.4, 0.5) is 11.4 Å². The zero-order valence-electron chi connectivity index (χ0n) is 14.7. The molecule has 2 aromatic rings. The molecule has 2 N–H and O–H groups in total. The Morgan fingerprint density at radius 1 is 1.15 bits per heavy atom. The third-order valence-corrected chi connectivity index (χ3v) is 8.53. The Balaban J connectivity index is 1.66. The zero-order valence-corrected chi connectivity index (χ0v) is 16.3. The number of hydrogen-bond donors (Lipinski definition) is 2. The molecule has 2 heterocycles. The van der Waals surface area contributed by atoms with Crippen molar-refractivity contribution in [1.29, 1.82) is 0 Å². The fourth-order valence-corrected chi connectivity index (χ4v) is 6.37. The molecule has 0 saturated heterocycles. The molecule has 1 aliphatic carbocycles. The van der Waals surface area contributed by atoms with Gasteiger partial charge in [-0.3, -0.25) is 9.52 Å². The number of benzene rings is 1.